The standard InChI is InChI=1S/C26H17ClF3N3O2/c1-12-7-19-24(31-13(2)32(19)3)22(27)21(12)16-5-4-6-33-20(10-15(11-34)25(16)33)26(35)14-8-17(28)23(30)18(29)9-14/h4-11H,1-3H3. The number of rotatable bonds is 4. The Bertz CT molecular complexity index is 1700. The van der Waals surface area contributed by atoms with Gasteiger partial charge in [0.2, 0.25) is 5.78 Å². The summed E-state index contributed by atoms with van der Waals surface area (Å²) in [5.41, 5.74) is 3.67. The molecule has 0 N–H and O–H groups in total. The van der Waals surface area contributed by atoms with E-state index in [-0.39, 0.29) is 16.8 Å². The molecule has 0 unspecified atom stereocenters. The number of fused-ring (bicyclic) bond motifs is 2. The molecule has 3 aromatic heterocycles. The summed E-state index contributed by atoms with van der Waals surface area (Å²) < 4.78 is 44.4. The van der Waals surface area contributed by atoms with Gasteiger partial charge in [-0.25, -0.2) is 18.2 Å². The molecule has 0 aliphatic carbocycles. The predicted molar refractivity (Wildman–Crippen MR) is 127 cm³/mol. The van der Waals surface area contributed by atoms with Gasteiger partial charge in [-0.1, -0.05) is 17.7 Å². The van der Waals surface area contributed by atoms with Gasteiger partial charge in [0.05, 0.1) is 21.7 Å². The van der Waals surface area contributed by atoms with Gasteiger partial charge in [0.1, 0.15) is 11.3 Å². The highest BCUT2D eigenvalue weighted by molar-refractivity contribution is 6.38. The molecule has 0 fully saturated rings. The second-order valence-corrected chi connectivity index (χ2v) is 8.67. The number of imidazole rings is 1. The van der Waals surface area contributed by atoms with E-state index in [4.69, 9.17) is 11.6 Å². The van der Waals surface area contributed by atoms with E-state index in [0.717, 1.165) is 16.9 Å². The minimum absolute atomic E-state index is 0.0158. The van der Waals surface area contributed by atoms with Crippen molar-refractivity contribution in [1.29, 1.82) is 0 Å². The Morgan fingerprint density at radius 1 is 1.09 bits per heavy atom. The molecule has 3 heterocycles. The van der Waals surface area contributed by atoms with Gasteiger partial charge in [0, 0.05) is 35.5 Å². The Kier molecular flexibility index (Phi) is 5.29. The van der Waals surface area contributed by atoms with Crippen LogP contribution in [0.2, 0.25) is 5.02 Å². The van der Waals surface area contributed by atoms with E-state index in [1.165, 1.54) is 10.5 Å². The third kappa shape index (κ3) is 3.36. The minimum atomic E-state index is -1.66. The van der Waals surface area contributed by atoms with Crippen molar-refractivity contribution in [2.75, 3.05) is 0 Å². The molecule has 0 spiro atoms. The van der Waals surface area contributed by atoms with Gasteiger partial charge in [0.25, 0.3) is 0 Å². The maximum atomic E-state index is 13.8. The van der Waals surface area contributed by atoms with Crippen molar-refractivity contribution in [3.8, 4) is 11.1 Å². The molecule has 5 nitrogen and oxygen atoms in total. The highest BCUT2D eigenvalue weighted by Crippen LogP contribution is 2.40. The fourth-order valence-corrected chi connectivity index (χ4v) is 4.83. The largest absolute Gasteiger partial charge is 0.331 e. The molecule has 0 aliphatic rings. The van der Waals surface area contributed by atoms with E-state index in [1.807, 2.05) is 31.5 Å². The van der Waals surface area contributed by atoms with Crippen LogP contribution in [-0.4, -0.2) is 26.0 Å². The summed E-state index contributed by atoms with van der Waals surface area (Å²) in [6.07, 6.45) is 2.15. The van der Waals surface area contributed by atoms with Crippen molar-refractivity contribution < 1.29 is 22.8 Å². The summed E-state index contributed by atoms with van der Waals surface area (Å²) in [6.45, 7) is 3.74. The molecule has 0 radical (unpaired) electrons. The summed E-state index contributed by atoms with van der Waals surface area (Å²) in [6, 6.07) is 7.97. The minimum Gasteiger partial charge on any atom is -0.331 e. The molecule has 2 aromatic carbocycles. The first-order valence-electron chi connectivity index (χ1n) is 10.5. The molecule has 35 heavy (non-hydrogen) atoms. The molecule has 0 saturated heterocycles. The lowest BCUT2D eigenvalue weighted by Crippen LogP contribution is -2.07. The molecule has 9 heteroatoms. The van der Waals surface area contributed by atoms with E-state index in [9.17, 15) is 22.8 Å². The van der Waals surface area contributed by atoms with Crippen molar-refractivity contribution in [1.82, 2.24) is 14.0 Å². The first-order chi connectivity index (χ1) is 16.6. The Morgan fingerprint density at radius 2 is 1.77 bits per heavy atom. The Labute approximate surface area is 202 Å². The number of benzene rings is 2. The molecular weight excluding hydrogens is 479 g/mol. The van der Waals surface area contributed by atoms with Crippen LogP contribution in [0.25, 0.3) is 27.7 Å². The van der Waals surface area contributed by atoms with Crippen LogP contribution in [0.4, 0.5) is 13.2 Å². The highest BCUT2D eigenvalue weighted by atomic mass is 35.5. The molecule has 176 valence electrons. The SMILES string of the molecule is Cc1cc2c(nc(C)n2C)c(Cl)c1-c1cccn2c(C(=O)c3cc(F)c(F)c(F)c3)cc(C=O)c12. The van der Waals surface area contributed by atoms with Crippen molar-refractivity contribution in [2.24, 2.45) is 7.05 Å². The number of nitrogens with zero attached hydrogens (tertiary/aromatic N) is 3. The zero-order valence-corrected chi connectivity index (χ0v) is 19.5. The zero-order chi connectivity index (χ0) is 25.2. The van der Waals surface area contributed by atoms with E-state index in [2.05, 4.69) is 4.98 Å². The molecular formula is C26H17ClF3N3O2. The summed E-state index contributed by atoms with van der Waals surface area (Å²) in [4.78, 5) is 29.7. The third-order valence-corrected chi connectivity index (χ3v) is 6.60. The molecule has 0 bridgehead atoms. The van der Waals surface area contributed by atoms with Gasteiger partial charge < -0.3 is 8.97 Å². The molecule has 0 atom stereocenters. The van der Waals surface area contributed by atoms with Crippen molar-refractivity contribution in [2.45, 2.75) is 13.8 Å². The number of halogens is 4. The number of pyridine rings is 1. The lowest BCUT2D eigenvalue weighted by Gasteiger charge is -2.13. The number of carbonyl (C=O) groups is 2. The fourth-order valence-electron chi connectivity index (χ4n) is 4.44. The van der Waals surface area contributed by atoms with Gasteiger partial charge >= 0.3 is 0 Å². The first-order valence-corrected chi connectivity index (χ1v) is 10.9. The van der Waals surface area contributed by atoms with Gasteiger partial charge in [-0.15, -0.1) is 0 Å². The van der Waals surface area contributed by atoms with Crippen molar-refractivity contribution in [3.63, 3.8) is 0 Å². The maximum Gasteiger partial charge on any atom is 0.209 e. The van der Waals surface area contributed by atoms with Crippen LogP contribution in [0.3, 0.4) is 0 Å². The van der Waals surface area contributed by atoms with Crippen LogP contribution in [0.1, 0.15) is 37.8 Å². The van der Waals surface area contributed by atoms with Crippen LogP contribution in [-0.2, 0) is 7.05 Å². The second kappa shape index (κ2) is 8.09. The number of aryl methyl sites for hydroxylation is 3. The van der Waals surface area contributed by atoms with E-state index in [0.29, 0.717) is 45.6 Å². The summed E-state index contributed by atoms with van der Waals surface area (Å²) in [7, 11) is 1.89. The smallest absolute Gasteiger partial charge is 0.209 e. The zero-order valence-electron chi connectivity index (χ0n) is 18.8. The number of hydrogen-bond acceptors (Lipinski definition) is 3. The molecule has 5 aromatic rings. The van der Waals surface area contributed by atoms with Gasteiger partial charge in [0.15, 0.2) is 23.7 Å². The molecule has 5 rings (SSSR count). The number of carbonyl (C=O) groups excluding carboxylic acids is 2. The number of aromatic nitrogens is 3. The molecule has 0 amide bonds. The third-order valence-electron chi connectivity index (χ3n) is 6.23. The number of hydrogen-bond donors (Lipinski definition) is 0. The van der Waals surface area contributed by atoms with Gasteiger partial charge in [-0.3, -0.25) is 9.59 Å². The lowest BCUT2D eigenvalue weighted by atomic mass is 9.98. The normalized spacial score (nSPS) is 11.5. The Morgan fingerprint density at radius 3 is 2.43 bits per heavy atom. The van der Waals surface area contributed by atoms with Crippen molar-refractivity contribution >= 4 is 40.2 Å². The second-order valence-electron chi connectivity index (χ2n) is 8.29. The molecule has 0 aliphatic heterocycles. The lowest BCUT2D eigenvalue weighted by molar-refractivity contribution is 0.103. The van der Waals surface area contributed by atoms with E-state index in [1.54, 1.807) is 18.3 Å². The topological polar surface area (TPSA) is 56.4 Å². The van der Waals surface area contributed by atoms with Crippen LogP contribution < -0.4 is 0 Å². The van der Waals surface area contributed by atoms with E-state index < -0.39 is 23.2 Å². The summed E-state index contributed by atoms with van der Waals surface area (Å²) in [5, 5.41) is 0.394. The fraction of sp³-hybridized carbons (Fsp3) is 0.115. The van der Waals surface area contributed by atoms with E-state index >= 15 is 0 Å². The monoisotopic (exact) mass is 495 g/mol. The number of ketones is 1. The summed E-state index contributed by atoms with van der Waals surface area (Å²) >= 11 is 6.82. The summed E-state index contributed by atoms with van der Waals surface area (Å²) in [5.74, 6) is -4.62. The highest BCUT2D eigenvalue weighted by Gasteiger charge is 2.24. The van der Waals surface area contributed by atoms with Crippen LogP contribution in [0.5, 0.6) is 0 Å². The predicted octanol–water partition coefficient (Wildman–Crippen LogP) is 6.22. The Balaban J connectivity index is 1.78. The quantitative estimate of drug-likeness (QED) is 0.169. The van der Waals surface area contributed by atoms with Crippen LogP contribution in [0.15, 0.2) is 42.6 Å². The maximum absolute atomic E-state index is 13.8. The average Bonchev–Trinajstić information content (AvgIpc) is 3.35. The van der Waals surface area contributed by atoms with Crippen LogP contribution >= 0.6 is 11.6 Å². The average molecular weight is 496 g/mol. The van der Waals surface area contributed by atoms with Crippen LogP contribution in [0, 0.1) is 31.3 Å². The van der Waals surface area contributed by atoms with Gasteiger partial charge in [-0.2, -0.15) is 0 Å². The Hall–Kier alpha value is -3.91. The number of aldehydes is 1. The van der Waals surface area contributed by atoms with Gasteiger partial charge in [-0.05, 0) is 49.7 Å². The molecule has 0 saturated carbocycles. The first kappa shape index (κ1) is 22.9. The van der Waals surface area contributed by atoms with Crippen molar-refractivity contribution in [3.05, 3.63) is 93.3 Å².